The summed E-state index contributed by atoms with van der Waals surface area (Å²) < 4.78 is 11.2. The van der Waals surface area contributed by atoms with Crippen LogP contribution in [0.15, 0.2) is 18.2 Å². The van der Waals surface area contributed by atoms with E-state index in [0.717, 1.165) is 49.1 Å². The lowest BCUT2D eigenvalue weighted by Gasteiger charge is -2.34. The predicted octanol–water partition coefficient (Wildman–Crippen LogP) is 1.92. The van der Waals surface area contributed by atoms with E-state index in [1.165, 1.54) is 0 Å². The van der Waals surface area contributed by atoms with Crippen LogP contribution in [0.4, 0.5) is 0 Å². The van der Waals surface area contributed by atoms with Crippen molar-refractivity contribution in [2.75, 3.05) is 13.7 Å². The van der Waals surface area contributed by atoms with Gasteiger partial charge in [-0.1, -0.05) is 0 Å². The smallest absolute Gasteiger partial charge is 0.251 e. The van der Waals surface area contributed by atoms with Crippen molar-refractivity contribution in [1.82, 2.24) is 5.32 Å². The third kappa shape index (κ3) is 2.59. The van der Waals surface area contributed by atoms with E-state index in [0.29, 0.717) is 6.10 Å². The molecule has 0 bridgehead atoms. The minimum absolute atomic E-state index is 0.0298. The number of hydrogen-bond acceptors (Lipinski definition) is 3. The average molecular weight is 261 g/mol. The first kappa shape index (κ1) is 12.5. The van der Waals surface area contributed by atoms with Crippen molar-refractivity contribution in [2.24, 2.45) is 0 Å². The second kappa shape index (κ2) is 5.21. The molecule has 0 atom stereocenters. The molecule has 19 heavy (non-hydrogen) atoms. The molecule has 1 aliphatic heterocycles. The molecule has 0 saturated heterocycles. The van der Waals surface area contributed by atoms with E-state index >= 15 is 0 Å². The highest BCUT2D eigenvalue weighted by molar-refractivity contribution is 5.96. The lowest BCUT2D eigenvalue weighted by Crippen LogP contribution is -2.38. The molecule has 0 aromatic heterocycles. The molecule has 1 amide bonds. The van der Waals surface area contributed by atoms with Gasteiger partial charge < -0.3 is 14.8 Å². The Labute approximate surface area is 113 Å². The molecule has 0 radical (unpaired) electrons. The minimum Gasteiger partial charge on any atom is -0.490 e. The van der Waals surface area contributed by atoms with Crippen molar-refractivity contribution >= 4 is 5.91 Å². The van der Waals surface area contributed by atoms with Crippen LogP contribution in [0.5, 0.6) is 5.75 Å². The van der Waals surface area contributed by atoms with Gasteiger partial charge in [0.15, 0.2) is 0 Å². The summed E-state index contributed by atoms with van der Waals surface area (Å²) in [5, 5.41) is 2.90. The van der Waals surface area contributed by atoms with Crippen LogP contribution in [0.25, 0.3) is 0 Å². The maximum absolute atomic E-state index is 11.8. The number of fused-ring (bicyclic) bond motifs is 1. The van der Waals surface area contributed by atoms with Gasteiger partial charge in [0.25, 0.3) is 5.91 Å². The molecule has 2 aliphatic rings. The Kier molecular flexibility index (Phi) is 3.42. The van der Waals surface area contributed by atoms with Crippen LogP contribution in [0, 0.1) is 0 Å². The Morgan fingerprint density at radius 1 is 1.26 bits per heavy atom. The monoisotopic (exact) mass is 261 g/mol. The van der Waals surface area contributed by atoms with Crippen LogP contribution in [-0.4, -0.2) is 31.8 Å². The van der Waals surface area contributed by atoms with Gasteiger partial charge in [0, 0.05) is 32.1 Å². The Morgan fingerprint density at radius 2 is 2.11 bits per heavy atom. The summed E-state index contributed by atoms with van der Waals surface area (Å²) in [5.41, 5.74) is 1.88. The van der Waals surface area contributed by atoms with Crippen LogP contribution in [0.3, 0.4) is 0 Å². The Hall–Kier alpha value is -1.55. The van der Waals surface area contributed by atoms with Crippen LogP contribution in [-0.2, 0) is 11.2 Å². The quantitative estimate of drug-likeness (QED) is 0.904. The van der Waals surface area contributed by atoms with E-state index in [2.05, 4.69) is 5.32 Å². The number of carbonyl (C=O) groups is 1. The fraction of sp³-hybridized carbons (Fsp3) is 0.533. The number of aryl methyl sites for hydroxylation is 1. The second-order valence-electron chi connectivity index (χ2n) is 5.25. The molecule has 1 fully saturated rings. The highest BCUT2D eigenvalue weighted by atomic mass is 16.5. The van der Waals surface area contributed by atoms with Gasteiger partial charge in [-0.2, -0.15) is 0 Å². The number of hydrogen-bond donors (Lipinski definition) is 1. The van der Waals surface area contributed by atoms with E-state index in [4.69, 9.17) is 9.47 Å². The number of methoxy groups -OCH3 is 1. The van der Waals surface area contributed by atoms with Crippen LogP contribution >= 0.6 is 0 Å². The second-order valence-corrected chi connectivity index (χ2v) is 5.25. The molecule has 1 aromatic rings. The van der Waals surface area contributed by atoms with Gasteiger partial charge in [-0.25, -0.2) is 0 Å². The molecular formula is C15H19NO3. The summed E-state index contributed by atoms with van der Waals surface area (Å²) in [6, 6.07) is 5.78. The van der Waals surface area contributed by atoms with E-state index < -0.39 is 0 Å². The normalized spacial score (nSPS) is 25.8. The molecule has 0 spiro atoms. The Balaban J connectivity index is 1.71. The first-order valence-corrected chi connectivity index (χ1v) is 6.87. The summed E-state index contributed by atoms with van der Waals surface area (Å²) >= 11 is 0. The molecule has 4 heteroatoms. The molecule has 3 rings (SSSR count). The first-order valence-electron chi connectivity index (χ1n) is 6.87. The van der Waals surface area contributed by atoms with E-state index in [9.17, 15) is 4.79 Å². The maximum Gasteiger partial charge on any atom is 0.251 e. The van der Waals surface area contributed by atoms with E-state index in [1.54, 1.807) is 7.11 Å². The zero-order valence-corrected chi connectivity index (χ0v) is 11.1. The lowest BCUT2D eigenvalue weighted by atomic mass is 9.92. The summed E-state index contributed by atoms with van der Waals surface area (Å²) in [4.78, 5) is 11.8. The Bertz CT molecular complexity index is 480. The zero-order valence-electron chi connectivity index (χ0n) is 11.1. The van der Waals surface area contributed by atoms with E-state index in [1.807, 2.05) is 18.2 Å². The summed E-state index contributed by atoms with van der Waals surface area (Å²) in [6.45, 7) is 0.752. The van der Waals surface area contributed by atoms with Gasteiger partial charge in [0.1, 0.15) is 11.9 Å². The molecular weight excluding hydrogens is 242 g/mol. The zero-order chi connectivity index (χ0) is 13.2. The Morgan fingerprint density at radius 3 is 2.89 bits per heavy atom. The maximum atomic E-state index is 11.8. The molecule has 4 nitrogen and oxygen atoms in total. The number of benzene rings is 1. The van der Waals surface area contributed by atoms with Crippen molar-refractivity contribution in [3.63, 3.8) is 0 Å². The van der Waals surface area contributed by atoms with Crippen LogP contribution in [0.2, 0.25) is 0 Å². The highest BCUT2D eigenvalue weighted by Gasteiger charge is 2.30. The number of carbonyl (C=O) groups excluding carboxylic acids is 1. The summed E-state index contributed by atoms with van der Waals surface area (Å²) in [5.74, 6) is 0.898. The van der Waals surface area contributed by atoms with Crippen molar-refractivity contribution in [3.05, 3.63) is 29.3 Å². The number of amides is 1. The lowest BCUT2D eigenvalue weighted by molar-refractivity contribution is -0.0381. The summed E-state index contributed by atoms with van der Waals surface area (Å²) in [7, 11) is 1.74. The molecule has 1 heterocycles. The third-order valence-corrected chi connectivity index (χ3v) is 3.92. The van der Waals surface area contributed by atoms with Crippen LogP contribution < -0.4 is 10.1 Å². The van der Waals surface area contributed by atoms with Crippen LogP contribution in [0.1, 0.15) is 35.2 Å². The standard InChI is InChI=1S/C15H19NO3/c1-18-12-8-13(9-12)19-11-4-5-14-10(7-11)3-2-6-16-15(14)17/h4-5,7,12-13H,2-3,6,8-9H2,1H3,(H,16,17). The number of nitrogens with one attached hydrogen (secondary N) is 1. The highest BCUT2D eigenvalue weighted by Crippen LogP contribution is 2.29. The molecule has 1 N–H and O–H groups in total. The van der Waals surface area contributed by atoms with E-state index in [-0.39, 0.29) is 12.0 Å². The van der Waals surface area contributed by atoms with Gasteiger partial charge in [-0.15, -0.1) is 0 Å². The first-order chi connectivity index (χ1) is 9.26. The topological polar surface area (TPSA) is 47.6 Å². The molecule has 1 aromatic carbocycles. The molecule has 1 aliphatic carbocycles. The number of ether oxygens (including phenoxy) is 2. The van der Waals surface area contributed by atoms with Crippen molar-refractivity contribution < 1.29 is 14.3 Å². The summed E-state index contributed by atoms with van der Waals surface area (Å²) in [6.07, 6.45) is 4.41. The van der Waals surface area contributed by atoms with Crippen molar-refractivity contribution in [3.8, 4) is 5.75 Å². The van der Waals surface area contributed by atoms with Gasteiger partial charge in [-0.05, 0) is 36.6 Å². The van der Waals surface area contributed by atoms with Crippen molar-refractivity contribution in [2.45, 2.75) is 37.9 Å². The molecule has 0 unspecified atom stereocenters. The number of rotatable bonds is 3. The third-order valence-electron chi connectivity index (χ3n) is 3.92. The molecule has 1 saturated carbocycles. The fourth-order valence-electron chi connectivity index (χ4n) is 2.65. The van der Waals surface area contributed by atoms with Crippen molar-refractivity contribution in [1.29, 1.82) is 0 Å². The fourth-order valence-corrected chi connectivity index (χ4v) is 2.65. The largest absolute Gasteiger partial charge is 0.490 e. The minimum atomic E-state index is 0.0298. The average Bonchev–Trinajstić information content (AvgIpc) is 2.55. The SMILES string of the molecule is COC1CC(Oc2ccc3c(c2)CCCNC3=O)C1. The predicted molar refractivity (Wildman–Crippen MR) is 71.5 cm³/mol. The van der Waals surface area contributed by atoms with Gasteiger partial charge in [0.05, 0.1) is 6.10 Å². The van der Waals surface area contributed by atoms with Gasteiger partial charge in [0.2, 0.25) is 0 Å². The molecule has 102 valence electrons. The van der Waals surface area contributed by atoms with Gasteiger partial charge in [-0.3, -0.25) is 4.79 Å². The van der Waals surface area contributed by atoms with Gasteiger partial charge >= 0.3 is 0 Å².